The molecule has 0 unspecified atom stereocenters. The van der Waals surface area contributed by atoms with E-state index >= 15 is 0 Å². The second kappa shape index (κ2) is 6.69. The van der Waals surface area contributed by atoms with Crippen molar-refractivity contribution < 1.29 is 4.79 Å². The fraction of sp³-hybridized carbons (Fsp3) is 0.100. The molecule has 1 aromatic heterocycles. The molecule has 1 aliphatic heterocycles. The zero-order valence-corrected chi connectivity index (χ0v) is 15.0. The Morgan fingerprint density at radius 1 is 1.08 bits per heavy atom. The molecule has 0 saturated carbocycles. The Morgan fingerprint density at radius 2 is 1.88 bits per heavy atom. The molecule has 3 aromatic rings. The van der Waals surface area contributed by atoms with E-state index in [2.05, 4.69) is 32.3 Å². The van der Waals surface area contributed by atoms with Gasteiger partial charge in [-0.15, -0.1) is 0 Å². The summed E-state index contributed by atoms with van der Waals surface area (Å²) in [6.07, 6.45) is 2.56. The van der Waals surface area contributed by atoms with Crippen LogP contribution in [0.4, 0.5) is 17.2 Å². The molecular weight excluding hydrogens is 378 g/mol. The van der Waals surface area contributed by atoms with Crippen molar-refractivity contribution in [2.75, 3.05) is 16.8 Å². The van der Waals surface area contributed by atoms with E-state index in [1.54, 1.807) is 18.3 Å². The minimum absolute atomic E-state index is 0.00575. The smallest absolute Gasteiger partial charge is 0.258 e. The van der Waals surface area contributed by atoms with Crippen LogP contribution in [-0.4, -0.2) is 17.4 Å². The van der Waals surface area contributed by atoms with E-state index in [1.807, 2.05) is 47.4 Å². The van der Waals surface area contributed by atoms with Gasteiger partial charge in [0.1, 0.15) is 5.82 Å². The van der Waals surface area contributed by atoms with Gasteiger partial charge in [-0.1, -0.05) is 34.1 Å². The van der Waals surface area contributed by atoms with Crippen molar-refractivity contribution in [3.8, 4) is 0 Å². The Kier molecular flexibility index (Phi) is 4.24. The second-order valence-corrected chi connectivity index (χ2v) is 6.81. The van der Waals surface area contributed by atoms with E-state index in [0.29, 0.717) is 11.4 Å². The number of aromatic nitrogens is 1. The molecule has 124 valence electrons. The predicted octanol–water partition coefficient (Wildman–Crippen LogP) is 4.79. The van der Waals surface area contributed by atoms with E-state index in [0.717, 1.165) is 28.8 Å². The van der Waals surface area contributed by atoms with E-state index in [4.69, 9.17) is 0 Å². The monoisotopic (exact) mass is 393 g/mol. The maximum Gasteiger partial charge on any atom is 0.258 e. The number of halogens is 1. The first-order chi connectivity index (χ1) is 12.2. The van der Waals surface area contributed by atoms with Gasteiger partial charge in [0.2, 0.25) is 0 Å². The molecule has 0 atom stereocenters. The van der Waals surface area contributed by atoms with Crippen LogP contribution in [0.25, 0.3) is 0 Å². The Bertz CT molecular complexity index is 924. The quantitative estimate of drug-likeness (QED) is 0.695. The molecule has 25 heavy (non-hydrogen) atoms. The molecule has 2 aromatic carbocycles. The van der Waals surface area contributed by atoms with Crippen LogP contribution < -0.4 is 10.2 Å². The summed E-state index contributed by atoms with van der Waals surface area (Å²) in [7, 11) is 0. The van der Waals surface area contributed by atoms with Crippen molar-refractivity contribution in [3.05, 3.63) is 82.5 Å². The van der Waals surface area contributed by atoms with Crippen LogP contribution in [0.1, 0.15) is 15.9 Å². The maximum absolute atomic E-state index is 12.9. The third-order valence-corrected chi connectivity index (χ3v) is 4.78. The highest BCUT2D eigenvalue weighted by Crippen LogP contribution is 2.29. The molecular formula is C20H16BrN3O. The predicted molar refractivity (Wildman–Crippen MR) is 103 cm³/mol. The lowest BCUT2D eigenvalue weighted by atomic mass is 10.1. The van der Waals surface area contributed by atoms with Crippen LogP contribution in [0.5, 0.6) is 0 Å². The Morgan fingerprint density at radius 3 is 2.72 bits per heavy atom. The van der Waals surface area contributed by atoms with Crippen LogP contribution in [0, 0.1) is 0 Å². The molecule has 0 radical (unpaired) electrons. The van der Waals surface area contributed by atoms with Gasteiger partial charge >= 0.3 is 0 Å². The van der Waals surface area contributed by atoms with Gasteiger partial charge in [-0.2, -0.15) is 0 Å². The molecule has 1 N–H and O–H groups in total. The maximum atomic E-state index is 12.9. The minimum atomic E-state index is 0.00575. The number of anilines is 3. The molecule has 1 amide bonds. The average Bonchev–Trinajstić information content (AvgIpc) is 3.07. The summed E-state index contributed by atoms with van der Waals surface area (Å²) < 4.78 is 1.02. The van der Waals surface area contributed by atoms with Gasteiger partial charge < -0.3 is 10.2 Å². The Balaban J connectivity index is 1.57. The fourth-order valence-electron chi connectivity index (χ4n) is 3.02. The largest absolute Gasteiger partial charge is 0.340 e. The first-order valence-electron chi connectivity index (χ1n) is 8.09. The average molecular weight is 394 g/mol. The highest BCUT2D eigenvalue weighted by molar-refractivity contribution is 9.10. The highest BCUT2D eigenvalue weighted by Gasteiger charge is 2.25. The summed E-state index contributed by atoms with van der Waals surface area (Å²) in [4.78, 5) is 19.1. The first kappa shape index (κ1) is 15.8. The number of hydrogen-bond donors (Lipinski definition) is 1. The van der Waals surface area contributed by atoms with E-state index < -0.39 is 0 Å². The number of carbonyl (C=O) groups is 1. The number of amides is 1. The number of rotatable bonds is 3. The van der Waals surface area contributed by atoms with Gasteiger partial charge in [0.05, 0.1) is 0 Å². The van der Waals surface area contributed by atoms with Crippen molar-refractivity contribution in [1.82, 2.24) is 4.98 Å². The fourth-order valence-corrected chi connectivity index (χ4v) is 3.28. The zero-order valence-electron chi connectivity index (χ0n) is 13.4. The molecule has 0 spiro atoms. The number of pyridine rings is 1. The number of benzene rings is 2. The van der Waals surface area contributed by atoms with Crippen molar-refractivity contribution in [1.29, 1.82) is 0 Å². The molecule has 0 bridgehead atoms. The summed E-state index contributed by atoms with van der Waals surface area (Å²) >= 11 is 3.42. The Labute approximate surface area is 154 Å². The van der Waals surface area contributed by atoms with E-state index in [9.17, 15) is 4.79 Å². The Hall–Kier alpha value is -2.66. The summed E-state index contributed by atoms with van der Waals surface area (Å²) in [5.41, 5.74) is 3.78. The molecule has 4 rings (SSSR count). The number of fused-ring (bicyclic) bond motifs is 1. The molecule has 2 heterocycles. The van der Waals surface area contributed by atoms with E-state index in [1.165, 1.54) is 5.56 Å². The minimum Gasteiger partial charge on any atom is -0.340 e. The summed E-state index contributed by atoms with van der Waals surface area (Å²) in [5, 5.41) is 3.23. The van der Waals surface area contributed by atoms with Crippen LogP contribution >= 0.6 is 15.9 Å². The van der Waals surface area contributed by atoms with Crippen LogP contribution in [0.3, 0.4) is 0 Å². The first-order valence-corrected chi connectivity index (χ1v) is 8.88. The third kappa shape index (κ3) is 3.28. The normalized spacial score (nSPS) is 12.8. The van der Waals surface area contributed by atoms with Crippen molar-refractivity contribution >= 4 is 39.0 Å². The third-order valence-electron chi connectivity index (χ3n) is 4.26. The number of para-hydroxylation sites is 1. The van der Waals surface area contributed by atoms with E-state index in [-0.39, 0.29) is 5.91 Å². The van der Waals surface area contributed by atoms with Gasteiger partial charge in [0.15, 0.2) is 0 Å². The van der Waals surface area contributed by atoms with Gasteiger partial charge in [-0.3, -0.25) is 4.79 Å². The lowest BCUT2D eigenvalue weighted by Gasteiger charge is -2.17. The SMILES string of the molecule is O=C(c1ccnc(Nc2ccc(Br)cc2)c1)N1CCc2ccccc21. The molecule has 1 aliphatic rings. The second-order valence-electron chi connectivity index (χ2n) is 5.90. The zero-order chi connectivity index (χ0) is 17.2. The topological polar surface area (TPSA) is 45.2 Å². The number of carbonyl (C=O) groups excluding carboxylic acids is 1. The highest BCUT2D eigenvalue weighted by atomic mass is 79.9. The van der Waals surface area contributed by atoms with Crippen LogP contribution in [0.15, 0.2) is 71.3 Å². The van der Waals surface area contributed by atoms with Gasteiger partial charge in [-0.25, -0.2) is 4.98 Å². The van der Waals surface area contributed by atoms with Gasteiger partial charge in [-0.05, 0) is 54.4 Å². The lowest BCUT2D eigenvalue weighted by molar-refractivity contribution is 0.0989. The summed E-state index contributed by atoms with van der Waals surface area (Å²) in [6, 6.07) is 19.4. The van der Waals surface area contributed by atoms with Crippen LogP contribution in [0.2, 0.25) is 0 Å². The van der Waals surface area contributed by atoms with Gasteiger partial charge in [0.25, 0.3) is 5.91 Å². The van der Waals surface area contributed by atoms with Crippen LogP contribution in [-0.2, 0) is 6.42 Å². The van der Waals surface area contributed by atoms with Crippen molar-refractivity contribution in [2.45, 2.75) is 6.42 Å². The number of hydrogen-bond acceptors (Lipinski definition) is 3. The molecule has 0 saturated heterocycles. The molecule has 4 nitrogen and oxygen atoms in total. The summed E-state index contributed by atoms with van der Waals surface area (Å²) in [6.45, 7) is 0.718. The van der Waals surface area contributed by atoms with Crippen molar-refractivity contribution in [3.63, 3.8) is 0 Å². The van der Waals surface area contributed by atoms with Crippen molar-refractivity contribution in [2.24, 2.45) is 0 Å². The molecule has 5 heteroatoms. The lowest BCUT2D eigenvalue weighted by Crippen LogP contribution is -2.28. The molecule has 0 fully saturated rings. The van der Waals surface area contributed by atoms with Gasteiger partial charge in [0, 0.05) is 34.2 Å². The number of nitrogens with one attached hydrogen (secondary N) is 1. The number of nitrogens with zero attached hydrogens (tertiary/aromatic N) is 2. The summed E-state index contributed by atoms with van der Waals surface area (Å²) in [5.74, 6) is 0.659. The molecule has 0 aliphatic carbocycles. The standard InChI is InChI=1S/C20H16BrN3O/c21-16-5-7-17(8-6-16)23-19-13-15(9-11-22-19)20(25)24-12-10-14-3-1-2-4-18(14)24/h1-9,11,13H,10,12H2,(H,22,23).